The molecule has 1 heterocycles. The third kappa shape index (κ3) is 10.7. The van der Waals surface area contributed by atoms with Crippen LogP contribution in [0, 0.1) is 0 Å². The van der Waals surface area contributed by atoms with Crippen LogP contribution in [0.3, 0.4) is 0 Å². The smallest absolute Gasteiger partial charge is 0.261 e. The van der Waals surface area contributed by atoms with Gasteiger partial charge >= 0.3 is 0 Å². The van der Waals surface area contributed by atoms with Crippen molar-refractivity contribution in [2.45, 2.75) is 0 Å². The van der Waals surface area contributed by atoms with Crippen LogP contribution in [0.15, 0.2) is 18.3 Å². The van der Waals surface area contributed by atoms with Gasteiger partial charge in [0.15, 0.2) is 0 Å². The van der Waals surface area contributed by atoms with Crippen molar-refractivity contribution in [3.8, 4) is 0 Å². The van der Waals surface area contributed by atoms with E-state index in [0.29, 0.717) is 17.8 Å². The van der Waals surface area contributed by atoms with Crippen molar-refractivity contribution in [2.75, 3.05) is 17.7 Å². The van der Waals surface area contributed by atoms with Crippen molar-refractivity contribution in [1.82, 2.24) is 4.98 Å². The molecule has 1 aromatic rings. The van der Waals surface area contributed by atoms with E-state index in [0.717, 1.165) is 0 Å². The highest BCUT2D eigenvalue weighted by Gasteiger charge is 1.83. The maximum atomic E-state index is 9.19. The van der Waals surface area contributed by atoms with Gasteiger partial charge in [0.05, 0.1) is 6.26 Å². The van der Waals surface area contributed by atoms with E-state index in [1.54, 1.807) is 18.3 Å². The second-order valence-electron chi connectivity index (χ2n) is 2.25. The van der Waals surface area contributed by atoms with Gasteiger partial charge in [0.25, 0.3) is 10.1 Å². The number of anilines is 2. The van der Waals surface area contributed by atoms with Crippen LogP contribution in [0.2, 0.25) is 0 Å². The van der Waals surface area contributed by atoms with Crippen LogP contribution in [0.1, 0.15) is 0 Å². The van der Waals surface area contributed by atoms with Crippen LogP contribution in [0.5, 0.6) is 0 Å². The Balaban J connectivity index is 0.000000252. The van der Waals surface area contributed by atoms with Crippen LogP contribution < -0.4 is 11.5 Å². The second-order valence-corrected chi connectivity index (χ2v) is 3.71. The lowest BCUT2D eigenvalue weighted by atomic mass is 10.4. The molecule has 5 N–H and O–H groups in total. The molecule has 0 saturated heterocycles. The van der Waals surface area contributed by atoms with Crippen molar-refractivity contribution in [1.29, 1.82) is 0 Å². The van der Waals surface area contributed by atoms with Crippen molar-refractivity contribution in [2.24, 2.45) is 0 Å². The summed E-state index contributed by atoms with van der Waals surface area (Å²) in [5.41, 5.74) is 11.3. The Kier molecular flexibility index (Phi) is 4.15. The van der Waals surface area contributed by atoms with Crippen LogP contribution in [-0.2, 0) is 10.1 Å². The maximum absolute atomic E-state index is 9.19. The lowest BCUT2D eigenvalue weighted by Crippen LogP contribution is -1.91. The fraction of sp³-hybridized carbons (Fsp3) is 0.167. The van der Waals surface area contributed by atoms with E-state index in [2.05, 4.69) is 4.98 Å². The summed E-state index contributed by atoms with van der Waals surface area (Å²) in [4.78, 5) is 3.74. The number of rotatable bonds is 0. The molecule has 13 heavy (non-hydrogen) atoms. The van der Waals surface area contributed by atoms with E-state index in [1.807, 2.05) is 0 Å². The van der Waals surface area contributed by atoms with Crippen molar-refractivity contribution < 1.29 is 13.0 Å². The minimum atomic E-state index is -3.67. The summed E-state index contributed by atoms with van der Waals surface area (Å²) < 4.78 is 25.9. The van der Waals surface area contributed by atoms with Crippen molar-refractivity contribution in [3.05, 3.63) is 18.3 Å². The normalized spacial score (nSPS) is 10.0. The van der Waals surface area contributed by atoms with Crippen LogP contribution in [0.25, 0.3) is 0 Å². The fourth-order valence-electron chi connectivity index (χ4n) is 0.466. The first-order valence-corrected chi connectivity index (χ1v) is 5.03. The average molecular weight is 205 g/mol. The zero-order chi connectivity index (χ0) is 10.5. The first-order chi connectivity index (χ1) is 5.79. The average Bonchev–Trinajstić information content (AvgIpc) is 1.81. The summed E-state index contributed by atoms with van der Waals surface area (Å²) >= 11 is 0. The molecule has 0 aliphatic heterocycles. The van der Waals surface area contributed by atoms with Gasteiger partial charge in [0, 0.05) is 18.0 Å². The highest BCUT2D eigenvalue weighted by molar-refractivity contribution is 7.85. The molecule has 0 amide bonds. The standard InChI is InChI=1S/C5H7N3.CH4O3S/c6-4-1-2-8-5(7)3-4;1-5(2,3)4/h1-3H,(H4,6,7,8);1H3,(H,2,3,4). The predicted molar refractivity (Wildman–Crippen MR) is 50.5 cm³/mol. The zero-order valence-electron chi connectivity index (χ0n) is 7.01. The van der Waals surface area contributed by atoms with E-state index < -0.39 is 10.1 Å². The topological polar surface area (TPSA) is 119 Å². The van der Waals surface area contributed by atoms with Gasteiger partial charge in [0.2, 0.25) is 0 Å². The summed E-state index contributed by atoms with van der Waals surface area (Å²) in [6.07, 6.45) is 2.29. The molecule has 0 fully saturated rings. The Morgan fingerprint density at radius 3 is 2.15 bits per heavy atom. The van der Waals surface area contributed by atoms with E-state index in [9.17, 15) is 8.42 Å². The number of nitrogens with zero attached hydrogens (tertiary/aromatic N) is 1. The highest BCUT2D eigenvalue weighted by atomic mass is 32.2. The molecule has 74 valence electrons. The largest absolute Gasteiger partial charge is 0.399 e. The van der Waals surface area contributed by atoms with E-state index in [4.69, 9.17) is 16.0 Å². The molecule has 0 unspecified atom stereocenters. The van der Waals surface area contributed by atoms with Gasteiger partial charge in [-0.15, -0.1) is 0 Å². The third-order valence-corrected chi connectivity index (χ3v) is 0.805. The molecule has 1 rings (SSSR count). The predicted octanol–water partition coefficient (Wildman–Crippen LogP) is -0.250. The number of aromatic nitrogens is 1. The van der Waals surface area contributed by atoms with Crippen molar-refractivity contribution in [3.63, 3.8) is 0 Å². The minimum Gasteiger partial charge on any atom is -0.399 e. The van der Waals surface area contributed by atoms with Crippen molar-refractivity contribution >= 4 is 21.6 Å². The summed E-state index contributed by atoms with van der Waals surface area (Å²) in [5, 5.41) is 0. The second kappa shape index (κ2) is 4.63. The molecule has 0 spiro atoms. The summed E-state index contributed by atoms with van der Waals surface area (Å²) in [6, 6.07) is 3.30. The Bertz CT molecular complexity index is 338. The van der Waals surface area contributed by atoms with Gasteiger partial charge in [-0.3, -0.25) is 4.55 Å². The Morgan fingerprint density at radius 2 is 1.92 bits per heavy atom. The number of nitrogens with two attached hydrogens (primary N) is 2. The van der Waals surface area contributed by atoms with E-state index >= 15 is 0 Å². The zero-order valence-corrected chi connectivity index (χ0v) is 7.82. The number of nitrogen functional groups attached to an aromatic ring is 2. The monoisotopic (exact) mass is 205 g/mol. The lowest BCUT2D eigenvalue weighted by molar-refractivity contribution is 0.490. The molecule has 7 heteroatoms. The van der Waals surface area contributed by atoms with Gasteiger partial charge in [-0.05, 0) is 6.07 Å². The summed E-state index contributed by atoms with van der Waals surface area (Å²) in [6.45, 7) is 0. The first-order valence-electron chi connectivity index (χ1n) is 3.18. The molecule has 0 aromatic carbocycles. The van der Waals surface area contributed by atoms with Gasteiger partial charge in [-0.2, -0.15) is 8.42 Å². The Morgan fingerprint density at radius 1 is 1.46 bits per heavy atom. The van der Waals surface area contributed by atoms with E-state index in [-0.39, 0.29) is 0 Å². The van der Waals surface area contributed by atoms with Gasteiger partial charge in [-0.25, -0.2) is 4.98 Å². The quantitative estimate of drug-likeness (QED) is 0.502. The Hall–Kier alpha value is -1.34. The lowest BCUT2D eigenvalue weighted by Gasteiger charge is -1.90. The molecule has 0 atom stereocenters. The first kappa shape index (κ1) is 11.7. The summed E-state index contributed by atoms with van der Waals surface area (Å²) in [7, 11) is -3.67. The molecule has 0 saturated carbocycles. The molecule has 6 nitrogen and oxygen atoms in total. The van der Waals surface area contributed by atoms with Gasteiger partial charge < -0.3 is 11.5 Å². The number of pyridine rings is 1. The number of hydrogen-bond acceptors (Lipinski definition) is 5. The minimum absolute atomic E-state index is 0.463. The molecular weight excluding hydrogens is 194 g/mol. The van der Waals surface area contributed by atoms with Crippen LogP contribution >= 0.6 is 0 Å². The van der Waals surface area contributed by atoms with Gasteiger partial charge in [-0.1, -0.05) is 0 Å². The Labute approximate surface area is 76.3 Å². The fourth-order valence-corrected chi connectivity index (χ4v) is 0.466. The van der Waals surface area contributed by atoms with E-state index in [1.165, 1.54) is 0 Å². The van der Waals surface area contributed by atoms with Crippen LogP contribution in [-0.4, -0.2) is 24.2 Å². The molecule has 0 bridgehead atoms. The van der Waals surface area contributed by atoms with Gasteiger partial charge in [0.1, 0.15) is 5.82 Å². The third-order valence-electron chi connectivity index (χ3n) is 0.805. The molecule has 0 aliphatic carbocycles. The maximum Gasteiger partial charge on any atom is 0.261 e. The molecule has 0 radical (unpaired) electrons. The molecule has 1 aromatic heterocycles. The molecule has 0 aliphatic rings. The summed E-state index contributed by atoms with van der Waals surface area (Å²) in [5.74, 6) is 0.463. The number of hydrogen-bond donors (Lipinski definition) is 3. The SMILES string of the molecule is CS(=O)(=O)O.Nc1ccnc(N)c1. The molecular formula is C6H11N3O3S. The highest BCUT2D eigenvalue weighted by Crippen LogP contribution is 2.01. The van der Waals surface area contributed by atoms with Crippen LogP contribution in [0.4, 0.5) is 11.5 Å².